The Kier molecular flexibility index (Phi) is 4.24. The normalized spacial score (nSPS) is 10.6. The second kappa shape index (κ2) is 6.48. The lowest BCUT2D eigenvalue weighted by molar-refractivity contribution is -0.110. The zero-order valence-corrected chi connectivity index (χ0v) is 12.5. The van der Waals surface area contributed by atoms with Crippen LogP contribution < -0.4 is 4.74 Å². The highest BCUT2D eigenvalue weighted by molar-refractivity contribution is 8.13. The van der Waals surface area contributed by atoms with E-state index < -0.39 is 0 Å². The van der Waals surface area contributed by atoms with E-state index in [1.54, 1.807) is 19.2 Å². The predicted octanol–water partition coefficient (Wildman–Crippen LogP) is 3.20. The van der Waals surface area contributed by atoms with Gasteiger partial charge in [0.15, 0.2) is 5.76 Å². The van der Waals surface area contributed by atoms with Crippen LogP contribution in [0.1, 0.15) is 5.56 Å². The fraction of sp³-hybridized carbons (Fsp3) is 0.133. The Labute approximate surface area is 130 Å². The standard InChI is InChI=1S/C15H12N2O4S/c1-19-11-6-4-10(5-7-11)9-13(18)22-15-17-16-14(21-15)12-3-2-8-20-12/h2-8H,9H2,1H3. The summed E-state index contributed by atoms with van der Waals surface area (Å²) >= 11 is 0.914. The molecule has 0 saturated heterocycles. The van der Waals surface area contributed by atoms with Gasteiger partial charge in [-0.1, -0.05) is 12.1 Å². The number of methoxy groups -OCH3 is 1. The molecule has 1 aromatic carbocycles. The third-order valence-electron chi connectivity index (χ3n) is 2.85. The van der Waals surface area contributed by atoms with E-state index in [0.29, 0.717) is 5.76 Å². The average molecular weight is 316 g/mol. The molecule has 22 heavy (non-hydrogen) atoms. The number of carbonyl (C=O) groups is 1. The topological polar surface area (TPSA) is 78.4 Å². The van der Waals surface area contributed by atoms with Crippen molar-refractivity contribution in [2.45, 2.75) is 11.6 Å². The van der Waals surface area contributed by atoms with Crippen molar-refractivity contribution in [3.8, 4) is 17.4 Å². The summed E-state index contributed by atoms with van der Waals surface area (Å²) in [4.78, 5) is 12.0. The molecule has 0 bridgehead atoms. The van der Waals surface area contributed by atoms with E-state index in [-0.39, 0.29) is 22.6 Å². The van der Waals surface area contributed by atoms with Crippen molar-refractivity contribution in [1.82, 2.24) is 10.2 Å². The van der Waals surface area contributed by atoms with Crippen molar-refractivity contribution < 1.29 is 18.4 Å². The first-order valence-electron chi connectivity index (χ1n) is 6.45. The van der Waals surface area contributed by atoms with Crippen molar-refractivity contribution in [2.24, 2.45) is 0 Å². The number of benzene rings is 1. The first kappa shape index (κ1) is 14.4. The summed E-state index contributed by atoms with van der Waals surface area (Å²) in [5.74, 6) is 1.48. The molecule has 112 valence electrons. The molecule has 0 aliphatic rings. The molecule has 0 amide bonds. The Balaban J connectivity index is 1.61. The first-order valence-corrected chi connectivity index (χ1v) is 7.27. The molecule has 2 aromatic heterocycles. The van der Waals surface area contributed by atoms with Gasteiger partial charge < -0.3 is 13.6 Å². The Bertz CT molecular complexity index is 750. The number of ether oxygens (including phenoxy) is 1. The Morgan fingerprint density at radius 1 is 1.23 bits per heavy atom. The summed E-state index contributed by atoms with van der Waals surface area (Å²) in [7, 11) is 1.60. The van der Waals surface area contributed by atoms with E-state index in [4.69, 9.17) is 13.6 Å². The quantitative estimate of drug-likeness (QED) is 0.669. The van der Waals surface area contributed by atoms with Crippen molar-refractivity contribution in [1.29, 1.82) is 0 Å². The van der Waals surface area contributed by atoms with E-state index in [1.165, 1.54) is 6.26 Å². The van der Waals surface area contributed by atoms with Crippen LogP contribution in [-0.4, -0.2) is 22.4 Å². The van der Waals surface area contributed by atoms with Gasteiger partial charge in [0.05, 0.1) is 13.4 Å². The second-order valence-corrected chi connectivity index (χ2v) is 5.36. The van der Waals surface area contributed by atoms with Crippen LogP contribution in [0, 0.1) is 0 Å². The van der Waals surface area contributed by atoms with Crippen LogP contribution in [0.5, 0.6) is 5.75 Å². The zero-order chi connectivity index (χ0) is 15.4. The van der Waals surface area contributed by atoms with Crippen LogP contribution >= 0.6 is 11.8 Å². The minimum absolute atomic E-state index is 0.0835. The number of hydrogen-bond acceptors (Lipinski definition) is 7. The molecule has 0 aliphatic heterocycles. The molecule has 7 heteroatoms. The van der Waals surface area contributed by atoms with Gasteiger partial charge in [0.1, 0.15) is 5.75 Å². The van der Waals surface area contributed by atoms with Crippen LogP contribution in [0.4, 0.5) is 0 Å². The van der Waals surface area contributed by atoms with Gasteiger partial charge in [-0.3, -0.25) is 4.79 Å². The van der Waals surface area contributed by atoms with E-state index in [2.05, 4.69) is 10.2 Å². The summed E-state index contributed by atoms with van der Waals surface area (Å²) in [5, 5.41) is 7.78. The molecule has 3 aromatic rings. The van der Waals surface area contributed by atoms with Crippen molar-refractivity contribution in [2.75, 3.05) is 7.11 Å². The predicted molar refractivity (Wildman–Crippen MR) is 79.6 cm³/mol. The van der Waals surface area contributed by atoms with Gasteiger partial charge in [-0.25, -0.2) is 0 Å². The van der Waals surface area contributed by atoms with Crippen molar-refractivity contribution >= 4 is 16.9 Å². The van der Waals surface area contributed by atoms with Crippen molar-refractivity contribution in [3.05, 3.63) is 48.2 Å². The van der Waals surface area contributed by atoms with Gasteiger partial charge in [-0.2, -0.15) is 0 Å². The fourth-order valence-electron chi connectivity index (χ4n) is 1.79. The van der Waals surface area contributed by atoms with Gasteiger partial charge >= 0.3 is 0 Å². The summed E-state index contributed by atoms with van der Waals surface area (Å²) in [6, 6.07) is 10.8. The van der Waals surface area contributed by atoms with Crippen LogP contribution in [0.2, 0.25) is 0 Å². The lowest BCUT2D eigenvalue weighted by Gasteiger charge is -2.01. The van der Waals surface area contributed by atoms with Gasteiger partial charge in [0.25, 0.3) is 11.1 Å². The van der Waals surface area contributed by atoms with E-state index in [1.807, 2.05) is 24.3 Å². The highest BCUT2D eigenvalue weighted by Gasteiger charge is 2.15. The van der Waals surface area contributed by atoms with Crippen molar-refractivity contribution in [3.63, 3.8) is 0 Å². The lowest BCUT2D eigenvalue weighted by Crippen LogP contribution is -1.97. The molecular formula is C15H12N2O4S. The first-order chi connectivity index (χ1) is 10.7. The highest BCUT2D eigenvalue weighted by atomic mass is 32.2. The maximum atomic E-state index is 12.0. The molecule has 2 heterocycles. The zero-order valence-electron chi connectivity index (χ0n) is 11.7. The number of furan rings is 1. The number of rotatable bonds is 5. The van der Waals surface area contributed by atoms with Crippen LogP contribution in [0.15, 0.2) is 56.7 Å². The molecular weight excluding hydrogens is 304 g/mol. The molecule has 0 fully saturated rings. The third kappa shape index (κ3) is 3.37. The summed E-state index contributed by atoms with van der Waals surface area (Å²) in [5.41, 5.74) is 0.893. The number of nitrogens with zero attached hydrogens (tertiary/aromatic N) is 2. The number of carbonyl (C=O) groups excluding carboxylic acids is 1. The van der Waals surface area contributed by atoms with Crippen LogP contribution in [0.25, 0.3) is 11.7 Å². The minimum Gasteiger partial charge on any atom is -0.497 e. The lowest BCUT2D eigenvalue weighted by atomic mass is 10.2. The molecule has 0 aliphatic carbocycles. The van der Waals surface area contributed by atoms with Gasteiger partial charge in [0, 0.05) is 18.2 Å². The molecule has 0 saturated carbocycles. The average Bonchev–Trinajstić information content (AvgIpc) is 3.19. The van der Waals surface area contributed by atoms with E-state index in [0.717, 1.165) is 23.1 Å². The summed E-state index contributed by atoms with van der Waals surface area (Å²) < 4.78 is 15.6. The fourth-order valence-corrected chi connectivity index (χ4v) is 2.43. The molecule has 0 unspecified atom stereocenters. The van der Waals surface area contributed by atoms with E-state index in [9.17, 15) is 4.79 Å². The number of hydrogen-bond donors (Lipinski definition) is 0. The third-order valence-corrected chi connectivity index (χ3v) is 3.56. The summed E-state index contributed by atoms with van der Waals surface area (Å²) in [6.07, 6.45) is 1.79. The molecule has 0 radical (unpaired) electrons. The smallest absolute Gasteiger partial charge is 0.284 e. The maximum absolute atomic E-state index is 12.0. The molecule has 3 rings (SSSR count). The second-order valence-electron chi connectivity index (χ2n) is 4.35. The van der Waals surface area contributed by atoms with Crippen LogP contribution in [-0.2, 0) is 11.2 Å². The van der Waals surface area contributed by atoms with Gasteiger partial charge in [-0.15, -0.1) is 10.2 Å². The largest absolute Gasteiger partial charge is 0.497 e. The van der Waals surface area contributed by atoms with Gasteiger partial charge in [0.2, 0.25) is 5.12 Å². The summed E-state index contributed by atoms with van der Waals surface area (Å²) in [6.45, 7) is 0. The molecule has 0 atom stereocenters. The van der Waals surface area contributed by atoms with Gasteiger partial charge in [-0.05, 0) is 29.8 Å². The van der Waals surface area contributed by atoms with E-state index >= 15 is 0 Å². The highest BCUT2D eigenvalue weighted by Crippen LogP contribution is 2.25. The van der Waals surface area contributed by atoms with Crippen LogP contribution in [0.3, 0.4) is 0 Å². The number of aromatic nitrogens is 2. The maximum Gasteiger partial charge on any atom is 0.284 e. The monoisotopic (exact) mass is 316 g/mol. The molecule has 0 N–H and O–H groups in total. The Hall–Kier alpha value is -2.54. The Morgan fingerprint density at radius 2 is 2.05 bits per heavy atom. The SMILES string of the molecule is COc1ccc(CC(=O)Sc2nnc(-c3ccco3)o2)cc1. The Morgan fingerprint density at radius 3 is 2.73 bits per heavy atom. The molecule has 0 spiro atoms. The number of thioether (sulfide) groups is 1. The minimum atomic E-state index is -0.0835. The molecule has 6 nitrogen and oxygen atoms in total.